The molecular formula is C38H15F6N5O6S2. The molecule has 11 nitrogen and oxygen atoms in total. The number of hydrogen-bond acceptors (Lipinski definition) is 12. The van der Waals surface area contributed by atoms with Crippen molar-refractivity contribution in [2.45, 2.75) is 19.0 Å². The number of aromatic nitrogens is 5. The lowest BCUT2D eigenvalue weighted by Gasteiger charge is -2.07. The molecule has 282 valence electrons. The summed E-state index contributed by atoms with van der Waals surface area (Å²) >= 11 is 1.97. The Morgan fingerprint density at radius 2 is 1.07 bits per heavy atom. The highest BCUT2D eigenvalue weighted by atomic mass is 32.1. The Bertz CT molecular complexity index is 2880. The minimum atomic E-state index is -4.76. The predicted molar refractivity (Wildman–Crippen MR) is 193 cm³/mol. The summed E-state index contributed by atoms with van der Waals surface area (Å²) in [5, 5.41) is 8.87. The van der Waals surface area contributed by atoms with Crippen molar-refractivity contribution in [3.63, 3.8) is 0 Å². The van der Waals surface area contributed by atoms with E-state index >= 15 is 0 Å². The first kappa shape index (κ1) is 35.9. The molecule has 3 heterocycles. The fourth-order valence-corrected chi connectivity index (χ4v) is 8.62. The molecule has 2 aliphatic carbocycles. The van der Waals surface area contributed by atoms with E-state index in [1.807, 2.05) is 0 Å². The van der Waals surface area contributed by atoms with Crippen LogP contribution >= 0.6 is 22.7 Å². The summed E-state index contributed by atoms with van der Waals surface area (Å²) < 4.78 is 86.6. The Kier molecular flexibility index (Phi) is 7.98. The van der Waals surface area contributed by atoms with Gasteiger partial charge in [0.05, 0.1) is 20.5 Å². The van der Waals surface area contributed by atoms with E-state index in [0.717, 1.165) is 46.9 Å². The minimum absolute atomic E-state index is 0.0234. The van der Waals surface area contributed by atoms with Gasteiger partial charge in [0.1, 0.15) is 38.7 Å². The molecule has 0 N–H and O–H groups in total. The second-order valence-electron chi connectivity index (χ2n) is 12.6. The highest BCUT2D eigenvalue weighted by molar-refractivity contribution is 7.27. The zero-order chi connectivity index (χ0) is 40.1. The Hall–Kier alpha value is -6.73. The molecule has 3 aromatic heterocycles. The molecule has 0 spiro atoms. The lowest BCUT2D eigenvalue weighted by atomic mass is 10.0. The number of thiazole rings is 2. The molecule has 0 atom stereocenters. The number of ketones is 4. The molecule has 57 heavy (non-hydrogen) atoms. The van der Waals surface area contributed by atoms with Crippen molar-refractivity contribution in [3.05, 3.63) is 116 Å². The van der Waals surface area contributed by atoms with E-state index in [-0.39, 0.29) is 61.0 Å². The summed E-state index contributed by atoms with van der Waals surface area (Å²) in [4.78, 5) is 74.7. The fraction of sp³-hybridized carbons (Fsp3) is 0.0789. The van der Waals surface area contributed by atoms with Gasteiger partial charge in [0, 0.05) is 22.3 Å². The third-order valence-corrected chi connectivity index (χ3v) is 11.3. The first-order valence-corrected chi connectivity index (χ1v) is 18.0. The molecule has 0 amide bonds. The average Bonchev–Trinajstić information content (AvgIpc) is 3.99. The number of alkyl halides is 6. The van der Waals surface area contributed by atoms with Crippen LogP contribution in [0.1, 0.15) is 58.5 Å². The van der Waals surface area contributed by atoms with Crippen molar-refractivity contribution in [2.24, 2.45) is 0 Å². The largest absolute Gasteiger partial charge is 0.452 e. The molecule has 0 bridgehead atoms. The molecule has 2 aliphatic rings. The van der Waals surface area contributed by atoms with Crippen LogP contribution in [0.15, 0.2) is 66.7 Å². The van der Waals surface area contributed by atoms with Gasteiger partial charge in [-0.3, -0.25) is 19.2 Å². The quantitative estimate of drug-likeness (QED) is 0.0961. The van der Waals surface area contributed by atoms with Crippen molar-refractivity contribution in [2.75, 3.05) is 0 Å². The van der Waals surface area contributed by atoms with E-state index in [1.54, 1.807) is 30.3 Å². The number of carbonyl (C=O) groups excluding carboxylic acids is 5. The molecule has 0 saturated carbocycles. The second kappa shape index (κ2) is 12.6. The lowest BCUT2D eigenvalue weighted by molar-refractivity contribution is -0.138. The Labute approximate surface area is 320 Å². The molecule has 0 aliphatic heterocycles. The average molecular weight is 816 g/mol. The van der Waals surface area contributed by atoms with Crippen LogP contribution in [0.25, 0.3) is 54.8 Å². The first-order valence-electron chi connectivity index (χ1n) is 16.3. The first-order chi connectivity index (χ1) is 27.1. The van der Waals surface area contributed by atoms with Crippen molar-refractivity contribution < 1.29 is 55.1 Å². The second-order valence-corrected chi connectivity index (χ2v) is 14.7. The van der Waals surface area contributed by atoms with Gasteiger partial charge in [0.25, 0.3) is 0 Å². The zero-order valence-corrected chi connectivity index (χ0v) is 29.6. The smallest absolute Gasteiger partial charge is 0.442 e. The summed E-state index contributed by atoms with van der Waals surface area (Å²) in [6.07, 6.45) is -7.99. The van der Waals surface area contributed by atoms with Crippen molar-refractivity contribution in [1.29, 1.82) is 0 Å². The number of rotatable bonds is 4. The van der Waals surface area contributed by atoms with E-state index in [9.17, 15) is 50.3 Å². The van der Waals surface area contributed by atoms with Crippen LogP contribution in [0.3, 0.4) is 0 Å². The highest BCUT2D eigenvalue weighted by Crippen LogP contribution is 2.43. The maximum absolute atomic E-state index is 13.4. The Morgan fingerprint density at radius 3 is 1.51 bits per heavy atom. The van der Waals surface area contributed by atoms with Crippen molar-refractivity contribution in [3.8, 4) is 0 Å². The molecule has 9 rings (SSSR count). The summed E-state index contributed by atoms with van der Waals surface area (Å²) in [7, 11) is 0. The zero-order valence-electron chi connectivity index (χ0n) is 28.0. The van der Waals surface area contributed by atoms with Crippen LogP contribution in [-0.2, 0) is 33.3 Å². The number of benzene rings is 4. The normalized spacial score (nSPS) is 15.9. The molecule has 0 saturated heterocycles. The van der Waals surface area contributed by atoms with Gasteiger partial charge in [-0.1, -0.05) is 47.3 Å². The minimum Gasteiger partial charge on any atom is -0.442 e. The molecule has 0 fully saturated rings. The van der Waals surface area contributed by atoms with E-state index < -0.39 is 63.8 Å². The molecular weight excluding hydrogens is 801 g/mol. The van der Waals surface area contributed by atoms with Gasteiger partial charge in [-0.15, -0.1) is 32.9 Å². The highest BCUT2D eigenvalue weighted by Gasteiger charge is 2.39. The molecule has 7 aromatic rings. The lowest BCUT2D eigenvalue weighted by Crippen LogP contribution is -2.16. The molecule has 4 aromatic carbocycles. The SMILES string of the molecule is O=C1C(=O)c2cc(C(F)(F)F)ccc2/C1=C/c1nc2c3nn(C(=O)OCc4ccccc4)nc3c3nc(/C=C4\C(=O)C(=O)c5cc(C(F)(F)F)ccc54)sc3c2s1. The van der Waals surface area contributed by atoms with E-state index in [2.05, 4.69) is 20.2 Å². The fourth-order valence-electron chi connectivity index (χ4n) is 6.46. The van der Waals surface area contributed by atoms with Crippen molar-refractivity contribution in [1.82, 2.24) is 25.0 Å². The number of ether oxygens (including phenoxy) is 1. The molecule has 0 unspecified atom stereocenters. The Balaban J connectivity index is 1.19. The number of nitrogens with zero attached hydrogens (tertiary/aromatic N) is 5. The third-order valence-electron chi connectivity index (χ3n) is 9.13. The number of carbonyl (C=O) groups is 5. The van der Waals surface area contributed by atoms with Crippen LogP contribution in [0, 0.1) is 0 Å². The van der Waals surface area contributed by atoms with Gasteiger partial charge >= 0.3 is 18.4 Å². The van der Waals surface area contributed by atoms with Crippen molar-refractivity contribution >= 4 is 107 Å². The van der Waals surface area contributed by atoms with Gasteiger partial charge in [0.2, 0.25) is 23.1 Å². The number of hydrogen-bond donors (Lipinski definition) is 0. The number of halogens is 6. The van der Waals surface area contributed by atoms with Crippen LogP contribution in [0.2, 0.25) is 0 Å². The van der Waals surface area contributed by atoms with Gasteiger partial charge in [0.15, 0.2) is 0 Å². The van der Waals surface area contributed by atoms with Crippen LogP contribution < -0.4 is 0 Å². The number of fused-ring (bicyclic) bond motifs is 8. The summed E-state index contributed by atoms with van der Waals surface area (Å²) in [6, 6.07) is 13.5. The molecule has 19 heteroatoms. The topological polar surface area (TPSA) is 151 Å². The summed E-state index contributed by atoms with van der Waals surface area (Å²) in [6.45, 7) is -0.122. The van der Waals surface area contributed by atoms with Gasteiger partial charge in [-0.2, -0.15) is 26.3 Å². The van der Waals surface area contributed by atoms with Crippen LogP contribution in [-0.4, -0.2) is 54.2 Å². The van der Waals surface area contributed by atoms with E-state index in [4.69, 9.17) is 4.74 Å². The maximum atomic E-state index is 13.4. The third kappa shape index (κ3) is 5.93. The van der Waals surface area contributed by atoms with E-state index in [0.29, 0.717) is 31.9 Å². The van der Waals surface area contributed by atoms with Gasteiger partial charge in [-0.05, 0) is 53.1 Å². The van der Waals surface area contributed by atoms with Gasteiger partial charge in [-0.25, -0.2) is 14.8 Å². The standard InChI is InChI=1S/C38H15F6N5O6S2/c39-37(40,41)16-6-8-18-20(10-16)30(50)32(52)22(18)12-24-45-28-26-27(48-49(47-26)36(54)55-14-15-4-2-1-3-5-15)29-35(34(28)56-24)57-25(46-29)13-23-19-9-7-17(38(42,43)44)11-21(19)31(51)33(23)53/h1-13H,14H2/b22-12-,23-13-. The Morgan fingerprint density at radius 1 is 0.614 bits per heavy atom. The number of Topliss-reactive ketones (excluding diaryl/α,β-unsaturated/α-hetero) is 4. The summed E-state index contributed by atoms with van der Waals surface area (Å²) in [5.41, 5.74) is -2.42. The van der Waals surface area contributed by atoms with Crippen LogP contribution in [0.5, 0.6) is 0 Å². The predicted octanol–water partition coefficient (Wildman–Crippen LogP) is 8.49. The number of allylic oxidation sites excluding steroid dienone is 2. The van der Waals surface area contributed by atoms with E-state index in [1.165, 1.54) is 12.2 Å². The van der Waals surface area contributed by atoms with Gasteiger partial charge < -0.3 is 4.74 Å². The van der Waals surface area contributed by atoms with Crippen LogP contribution in [0.4, 0.5) is 31.1 Å². The maximum Gasteiger partial charge on any atom is 0.452 e. The molecule has 0 radical (unpaired) electrons. The summed E-state index contributed by atoms with van der Waals surface area (Å²) in [5.74, 6) is -4.34. The monoisotopic (exact) mass is 815 g/mol.